The molecule has 0 aliphatic heterocycles. The van der Waals surface area contributed by atoms with Gasteiger partial charge in [0.1, 0.15) is 0 Å². The maximum atomic E-state index is 12.4. The molecule has 0 fully saturated rings. The number of hydrogen-bond acceptors (Lipinski definition) is 4. The van der Waals surface area contributed by atoms with Crippen molar-refractivity contribution >= 4 is 11.8 Å². The molecular formula is C20H23NO4. The topological polar surface area (TPSA) is 48.0 Å². The largest absolute Gasteiger partial charge is 0.493 e. The third-order valence-electron chi connectivity index (χ3n) is 3.71. The van der Waals surface area contributed by atoms with Gasteiger partial charge >= 0.3 is 6.09 Å². The molecule has 0 bridgehead atoms. The predicted molar refractivity (Wildman–Crippen MR) is 97.6 cm³/mol. The number of ether oxygens (including phenoxy) is 3. The molecule has 0 aromatic heterocycles. The first-order valence-electron chi connectivity index (χ1n) is 8.00. The van der Waals surface area contributed by atoms with E-state index in [1.807, 2.05) is 36.4 Å². The molecular weight excluding hydrogens is 318 g/mol. The molecule has 0 heterocycles. The zero-order valence-corrected chi connectivity index (χ0v) is 14.8. The summed E-state index contributed by atoms with van der Waals surface area (Å²) in [4.78, 5) is 13.9. The van der Waals surface area contributed by atoms with Crippen LogP contribution in [0.2, 0.25) is 0 Å². The van der Waals surface area contributed by atoms with E-state index in [0.29, 0.717) is 30.3 Å². The van der Waals surface area contributed by atoms with Crippen molar-refractivity contribution in [3.05, 3.63) is 66.2 Å². The van der Waals surface area contributed by atoms with E-state index in [-0.39, 0.29) is 0 Å². The number of carbonyl (C=O) groups excluding carboxylic acids is 1. The fraction of sp³-hybridized carbons (Fsp3) is 0.250. The Morgan fingerprint density at radius 1 is 1.04 bits per heavy atom. The summed E-state index contributed by atoms with van der Waals surface area (Å²) in [7, 11) is 3.14. The summed E-state index contributed by atoms with van der Waals surface area (Å²) in [5.74, 6) is 1.19. The van der Waals surface area contributed by atoms with Gasteiger partial charge in [-0.25, -0.2) is 4.79 Å². The van der Waals surface area contributed by atoms with E-state index in [1.165, 1.54) is 4.90 Å². The van der Waals surface area contributed by atoms with Crippen LogP contribution in [0.4, 0.5) is 4.79 Å². The van der Waals surface area contributed by atoms with Crippen LogP contribution in [0.3, 0.4) is 0 Å². The Bertz CT molecular complexity index is 728. The molecule has 0 saturated heterocycles. The minimum absolute atomic E-state index is 0.295. The van der Waals surface area contributed by atoms with Crippen molar-refractivity contribution in [3.8, 4) is 11.5 Å². The number of methoxy groups -OCH3 is 2. The molecule has 2 aromatic carbocycles. The van der Waals surface area contributed by atoms with Crippen LogP contribution >= 0.6 is 0 Å². The number of rotatable bonds is 7. The monoisotopic (exact) mass is 341 g/mol. The molecule has 0 spiro atoms. The molecule has 0 aliphatic rings. The van der Waals surface area contributed by atoms with Gasteiger partial charge in [0, 0.05) is 11.3 Å². The number of benzene rings is 2. The highest BCUT2D eigenvalue weighted by Gasteiger charge is 2.20. The van der Waals surface area contributed by atoms with Crippen LogP contribution in [0.15, 0.2) is 55.1 Å². The molecule has 5 heteroatoms. The average molecular weight is 341 g/mol. The zero-order chi connectivity index (χ0) is 18.2. The molecule has 2 aromatic rings. The third-order valence-corrected chi connectivity index (χ3v) is 3.71. The smallest absolute Gasteiger partial charge is 0.414 e. The molecule has 132 valence electrons. The lowest BCUT2D eigenvalue weighted by molar-refractivity contribution is 0.123. The van der Waals surface area contributed by atoms with Crippen LogP contribution in [-0.2, 0) is 11.3 Å². The number of carbonyl (C=O) groups is 1. The number of nitrogens with zero attached hydrogens (tertiary/aromatic N) is 1. The van der Waals surface area contributed by atoms with Gasteiger partial charge in [0.2, 0.25) is 0 Å². The van der Waals surface area contributed by atoms with Crippen molar-refractivity contribution in [1.82, 2.24) is 4.90 Å². The van der Waals surface area contributed by atoms with Crippen molar-refractivity contribution in [2.24, 2.45) is 0 Å². The summed E-state index contributed by atoms with van der Waals surface area (Å²) in [6.07, 6.45) is -0.439. The maximum absolute atomic E-state index is 12.4. The second kappa shape index (κ2) is 8.78. The van der Waals surface area contributed by atoms with Crippen molar-refractivity contribution in [2.75, 3.05) is 20.8 Å². The zero-order valence-electron chi connectivity index (χ0n) is 14.8. The van der Waals surface area contributed by atoms with Crippen molar-refractivity contribution in [2.45, 2.75) is 13.5 Å². The standard InChI is InChI=1S/C20H23NO4/c1-5-25-20(22)21(14-16-9-7-6-8-10-16)15(2)17-11-12-18(23-3)19(13-17)24-4/h6-13H,2,5,14H2,1,3-4H3. The lowest BCUT2D eigenvalue weighted by atomic mass is 10.1. The van der Waals surface area contributed by atoms with Gasteiger partial charge in [-0.05, 0) is 30.7 Å². The Labute approximate surface area is 148 Å². The quantitative estimate of drug-likeness (QED) is 0.752. The highest BCUT2D eigenvalue weighted by Crippen LogP contribution is 2.31. The molecule has 0 radical (unpaired) electrons. The second-order valence-electron chi connectivity index (χ2n) is 5.29. The van der Waals surface area contributed by atoms with Gasteiger partial charge in [-0.1, -0.05) is 36.9 Å². The molecule has 0 N–H and O–H groups in total. The Morgan fingerprint density at radius 2 is 1.72 bits per heavy atom. The lowest BCUT2D eigenvalue weighted by Gasteiger charge is -2.24. The lowest BCUT2D eigenvalue weighted by Crippen LogP contribution is -2.29. The van der Waals surface area contributed by atoms with Crippen LogP contribution < -0.4 is 9.47 Å². The van der Waals surface area contributed by atoms with Gasteiger partial charge in [-0.15, -0.1) is 0 Å². The van der Waals surface area contributed by atoms with Gasteiger partial charge in [-0.2, -0.15) is 0 Å². The molecule has 25 heavy (non-hydrogen) atoms. The first-order chi connectivity index (χ1) is 12.1. The number of amides is 1. The van der Waals surface area contributed by atoms with E-state index in [9.17, 15) is 4.79 Å². The SMILES string of the molecule is C=C(c1ccc(OC)c(OC)c1)N(Cc1ccccc1)C(=O)OCC. The molecule has 0 atom stereocenters. The first kappa shape index (κ1) is 18.4. The fourth-order valence-corrected chi connectivity index (χ4v) is 2.41. The highest BCUT2D eigenvalue weighted by molar-refractivity contribution is 5.81. The summed E-state index contributed by atoms with van der Waals surface area (Å²) in [6, 6.07) is 15.1. The summed E-state index contributed by atoms with van der Waals surface area (Å²) < 4.78 is 15.8. The van der Waals surface area contributed by atoms with Crippen LogP contribution in [-0.4, -0.2) is 31.8 Å². The van der Waals surface area contributed by atoms with Crippen LogP contribution in [0.25, 0.3) is 5.70 Å². The van der Waals surface area contributed by atoms with E-state index in [4.69, 9.17) is 14.2 Å². The van der Waals surface area contributed by atoms with E-state index in [0.717, 1.165) is 11.1 Å². The van der Waals surface area contributed by atoms with Gasteiger partial charge in [0.25, 0.3) is 0 Å². The fourth-order valence-electron chi connectivity index (χ4n) is 2.41. The van der Waals surface area contributed by atoms with Crippen molar-refractivity contribution in [3.63, 3.8) is 0 Å². The molecule has 2 rings (SSSR count). The van der Waals surface area contributed by atoms with Crippen LogP contribution in [0, 0.1) is 0 Å². The average Bonchev–Trinajstić information content (AvgIpc) is 2.66. The summed E-state index contributed by atoms with van der Waals surface area (Å²) in [6.45, 7) is 6.52. The van der Waals surface area contributed by atoms with Gasteiger partial charge in [-0.3, -0.25) is 4.90 Å². The normalized spacial score (nSPS) is 10.0. The van der Waals surface area contributed by atoms with Crippen molar-refractivity contribution < 1.29 is 19.0 Å². The van der Waals surface area contributed by atoms with E-state index < -0.39 is 6.09 Å². The van der Waals surface area contributed by atoms with Crippen LogP contribution in [0.1, 0.15) is 18.1 Å². The molecule has 0 saturated carbocycles. The Balaban J connectivity index is 2.32. The molecule has 0 aliphatic carbocycles. The summed E-state index contributed by atoms with van der Waals surface area (Å²) >= 11 is 0. The Hall–Kier alpha value is -2.95. The van der Waals surface area contributed by atoms with Crippen molar-refractivity contribution in [1.29, 1.82) is 0 Å². The predicted octanol–water partition coefficient (Wildman–Crippen LogP) is 4.33. The molecule has 1 amide bonds. The Morgan fingerprint density at radius 3 is 2.32 bits per heavy atom. The Kier molecular flexibility index (Phi) is 6.46. The van der Waals surface area contributed by atoms with Gasteiger partial charge in [0.15, 0.2) is 11.5 Å². The minimum atomic E-state index is -0.439. The minimum Gasteiger partial charge on any atom is -0.493 e. The van der Waals surface area contributed by atoms with Crippen LogP contribution in [0.5, 0.6) is 11.5 Å². The van der Waals surface area contributed by atoms with E-state index in [2.05, 4.69) is 6.58 Å². The van der Waals surface area contributed by atoms with Gasteiger partial charge in [0.05, 0.1) is 27.4 Å². The van der Waals surface area contributed by atoms with E-state index >= 15 is 0 Å². The first-order valence-corrected chi connectivity index (χ1v) is 8.00. The molecule has 5 nitrogen and oxygen atoms in total. The maximum Gasteiger partial charge on any atom is 0.414 e. The summed E-state index contributed by atoms with van der Waals surface area (Å²) in [5, 5.41) is 0. The second-order valence-corrected chi connectivity index (χ2v) is 5.29. The number of hydrogen-bond donors (Lipinski definition) is 0. The van der Waals surface area contributed by atoms with Gasteiger partial charge < -0.3 is 14.2 Å². The third kappa shape index (κ3) is 4.53. The summed E-state index contributed by atoms with van der Waals surface area (Å²) in [5.41, 5.74) is 2.27. The molecule has 0 unspecified atom stereocenters. The highest BCUT2D eigenvalue weighted by atomic mass is 16.6. The van der Waals surface area contributed by atoms with E-state index in [1.54, 1.807) is 33.3 Å².